The first-order chi connectivity index (χ1) is 8.65. The molecule has 1 saturated carbocycles. The molecule has 0 atom stereocenters. The van der Waals surface area contributed by atoms with Gasteiger partial charge < -0.3 is 15.8 Å². The number of halogens is 1. The summed E-state index contributed by atoms with van der Waals surface area (Å²) in [6.07, 6.45) is 1.58. The second-order valence-electron chi connectivity index (χ2n) is 4.74. The van der Waals surface area contributed by atoms with E-state index in [-0.39, 0.29) is 18.3 Å². The Kier molecular flexibility index (Phi) is 5.79. The number of benzene rings is 1. The van der Waals surface area contributed by atoms with E-state index >= 15 is 0 Å². The largest absolute Gasteiger partial charge is 0.377 e. The maximum Gasteiger partial charge on any atom is 0.240 e. The lowest BCUT2D eigenvalue weighted by atomic mass is 10.1. The first kappa shape index (κ1) is 16.0. The fourth-order valence-electron chi connectivity index (χ4n) is 1.80. The van der Waals surface area contributed by atoms with Crippen LogP contribution in [0.5, 0.6) is 0 Å². The Balaban J connectivity index is 0.00000180. The number of nitrogens with two attached hydrogens (primary N) is 1. The summed E-state index contributed by atoms with van der Waals surface area (Å²) in [7, 11) is 0. The van der Waals surface area contributed by atoms with E-state index in [2.05, 4.69) is 5.32 Å². The van der Waals surface area contributed by atoms with Crippen LogP contribution in [-0.2, 0) is 22.7 Å². The van der Waals surface area contributed by atoms with E-state index in [1.54, 1.807) is 0 Å². The monoisotopic (exact) mass is 284 g/mol. The van der Waals surface area contributed by atoms with Crippen LogP contribution in [0.25, 0.3) is 0 Å². The van der Waals surface area contributed by atoms with Crippen LogP contribution in [0, 0.1) is 0 Å². The van der Waals surface area contributed by atoms with Gasteiger partial charge in [0.1, 0.15) is 0 Å². The van der Waals surface area contributed by atoms with Gasteiger partial charge in [0.05, 0.1) is 12.1 Å². The Morgan fingerprint density at radius 2 is 2.00 bits per heavy atom. The molecular formula is C14H21ClN2O2. The lowest BCUT2D eigenvalue weighted by Crippen LogP contribution is -2.42. The van der Waals surface area contributed by atoms with Crippen LogP contribution in [-0.4, -0.2) is 18.1 Å². The maximum atomic E-state index is 11.8. The second-order valence-corrected chi connectivity index (χ2v) is 4.74. The fourth-order valence-corrected chi connectivity index (χ4v) is 1.80. The van der Waals surface area contributed by atoms with Crippen LogP contribution in [0.1, 0.15) is 30.9 Å². The third-order valence-corrected chi connectivity index (χ3v) is 3.26. The Hall–Kier alpha value is -1.10. The molecule has 0 aliphatic heterocycles. The quantitative estimate of drug-likeness (QED) is 0.836. The summed E-state index contributed by atoms with van der Waals surface area (Å²) in [5.41, 5.74) is 7.43. The van der Waals surface area contributed by atoms with Crippen molar-refractivity contribution in [3.63, 3.8) is 0 Å². The Morgan fingerprint density at radius 3 is 2.58 bits per heavy atom. The normalized spacial score (nSPS) is 15.5. The second kappa shape index (κ2) is 6.89. The number of hydrogen-bond acceptors (Lipinski definition) is 3. The SMILES string of the molecule is CCOCc1ccccc1CNC(=O)C1(N)CC1.Cl. The van der Waals surface area contributed by atoms with Gasteiger partial charge in [0.2, 0.25) is 5.91 Å². The zero-order valence-corrected chi connectivity index (χ0v) is 12.0. The first-order valence-electron chi connectivity index (χ1n) is 6.37. The van der Waals surface area contributed by atoms with Crippen molar-refractivity contribution in [1.29, 1.82) is 0 Å². The molecule has 1 aromatic carbocycles. The van der Waals surface area contributed by atoms with Crippen molar-refractivity contribution in [1.82, 2.24) is 5.32 Å². The molecule has 5 heteroatoms. The van der Waals surface area contributed by atoms with Crippen LogP contribution >= 0.6 is 12.4 Å². The van der Waals surface area contributed by atoms with E-state index in [0.29, 0.717) is 19.8 Å². The van der Waals surface area contributed by atoms with Crippen LogP contribution in [0.15, 0.2) is 24.3 Å². The summed E-state index contributed by atoms with van der Waals surface area (Å²) in [6, 6.07) is 7.97. The molecule has 0 saturated heterocycles. The molecule has 1 aliphatic carbocycles. The Labute approximate surface area is 120 Å². The lowest BCUT2D eigenvalue weighted by Gasteiger charge is -2.13. The highest BCUT2D eigenvalue weighted by atomic mass is 35.5. The predicted octanol–water partition coefficient (Wildman–Crippen LogP) is 1.75. The minimum atomic E-state index is -0.602. The van der Waals surface area contributed by atoms with E-state index < -0.39 is 5.54 Å². The molecule has 1 fully saturated rings. The molecule has 1 amide bonds. The average molecular weight is 285 g/mol. The molecule has 106 valence electrons. The summed E-state index contributed by atoms with van der Waals surface area (Å²) in [5, 5.41) is 2.90. The minimum absolute atomic E-state index is 0. The summed E-state index contributed by atoms with van der Waals surface area (Å²) in [4.78, 5) is 11.8. The van der Waals surface area contributed by atoms with Gasteiger partial charge in [-0.1, -0.05) is 24.3 Å². The highest BCUT2D eigenvalue weighted by Gasteiger charge is 2.45. The molecule has 0 bridgehead atoms. The van der Waals surface area contributed by atoms with Gasteiger partial charge in [-0.2, -0.15) is 0 Å². The molecule has 4 nitrogen and oxygen atoms in total. The zero-order chi connectivity index (χ0) is 13.0. The number of rotatable bonds is 6. The molecule has 0 unspecified atom stereocenters. The molecular weight excluding hydrogens is 264 g/mol. The summed E-state index contributed by atoms with van der Waals surface area (Å²) in [6.45, 7) is 3.75. The van der Waals surface area contributed by atoms with E-state index in [9.17, 15) is 4.79 Å². The zero-order valence-electron chi connectivity index (χ0n) is 11.1. The van der Waals surface area contributed by atoms with Crippen molar-refractivity contribution in [2.75, 3.05) is 6.61 Å². The average Bonchev–Trinajstić information content (AvgIpc) is 3.14. The van der Waals surface area contributed by atoms with Crippen LogP contribution in [0.2, 0.25) is 0 Å². The number of carbonyl (C=O) groups excluding carboxylic acids is 1. The fraction of sp³-hybridized carbons (Fsp3) is 0.500. The smallest absolute Gasteiger partial charge is 0.240 e. The molecule has 0 heterocycles. The Bertz CT molecular complexity index is 433. The predicted molar refractivity (Wildman–Crippen MR) is 77.0 cm³/mol. The molecule has 1 aromatic rings. The molecule has 19 heavy (non-hydrogen) atoms. The molecule has 0 radical (unpaired) electrons. The van der Waals surface area contributed by atoms with Crippen molar-refractivity contribution in [2.45, 2.75) is 38.5 Å². The van der Waals surface area contributed by atoms with Crippen molar-refractivity contribution >= 4 is 18.3 Å². The number of carbonyl (C=O) groups is 1. The van der Waals surface area contributed by atoms with Gasteiger partial charge >= 0.3 is 0 Å². The van der Waals surface area contributed by atoms with Crippen LogP contribution in [0.4, 0.5) is 0 Å². The number of ether oxygens (including phenoxy) is 1. The summed E-state index contributed by atoms with van der Waals surface area (Å²) >= 11 is 0. The molecule has 0 spiro atoms. The van der Waals surface area contributed by atoms with Crippen LogP contribution < -0.4 is 11.1 Å². The van der Waals surface area contributed by atoms with E-state index in [0.717, 1.165) is 24.0 Å². The minimum Gasteiger partial charge on any atom is -0.377 e. The maximum absolute atomic E-state index is 11.8. The van der Waals surface area contributed by atoms with Gasteiger partial charge in [0.15, 0.2) is 0 Å². The van der Waals surface area contributed by atoms with Crippen molar-refractivity contribution < 1.29 is 9.53 Å². The number of nitrogens with one attached hydrogen (secondary N) is 1. The number of hydrogen-bond donors (Lipinski definition) is 2. The lowest BCUT2D eigenvalue weighted by molar-refractivity contribution is -0.123. The van der Waals surface area contributed by atoms with Gasteiger partial charge in [-0.3, -0.25) is 4.79 Å². The van der Waals surface area contributed by atoms with Gasteiger partial charge in [-0.15, -0.1) is 12.4 Å². The molecule has 3 N–H and O–H groups in total. The van der Waals surface area contributed by atoms with E-state index in [1.165, 1.54) is 0 Å². The van der Waals surface area contributed by atoms with E-state index in [4.69, 9.17) is 10.5 Å². The highest BCUT2D eigenvalue weighted by molar-refractivity contribution is 5.88. The third kappa shape index (κ3) is 4.20. The van der Waals surface area contributed by atoms with Crippen LogP contribution in [0.3, 0.4) is 0 Å². The van der Waals surface area contributed by atoms with Gasteiger partial charge in [-0.25, -0.2) is 0 Å². The molecule has 2 rings (SSSR count). The molecule has 0 aromatic heterocycles. The first-order valence-corrected chi connectivity index (χ1v) is 6.37. The summed E-state index contributed by atoms with van der Waals surface area (Å²) < 4.78 is 5.41. The van der Waals surface area contributed by atoms with Crippen molar-refractivity contribution in [3.05, 3.63) is 35.4 Å². The summed E-state index contributed by atoms with van der Waals surface area (Å²) in [5.74, 6) is -0.0475. The highest BCUT2D eigenvalue weighted by Crippen LogP contribution is 2.32. The van der Waals surface area contributed by atoms with E-state index in [1.807, 2.05) is 31.2 Å². The van der Waals surface area contributed by atoms with Gasteiger partial charge in [0.25, 0.3) is 0 Å². The molecule has 1 aliphatic rings. The topological polar surface area (TPSA) is 64.3 Å². The standard InChI is InChI=1S/C14H20N2O2.ClH/c1-2-18-10-12-6-4-3-5-11(12)9-16-13(17)14(15)7-8-14;/h3-6H,2,7-10,15H2,1H3,(H,16,17);1H. The third-order valence-electron chi connectivity index (χ3n) is 3.26. The number of amides is 1. The van der Waals surface area contributed by atoms with Crippen molar-refractivity contribution in [3.8, 4) is 0 Å². The van der Waals surface area contributed by atoms with Gasteiger partial charge in [0, 0.05) is 13.2 Å². The van der Waals surface area contributed by atoms with Crippen molar-refractivity contribution in [2.24, 2.45) is 5.73 Å². The Morgan fingerprint density at radius 1 is 1.37 bits per heavy atom. The van der Waals surface area contributed by atoms with Gasteiger partial charge in [-0.05, 0) is 30.9 Å².